The van der Waals surface area contributed by atoms with Crippen LogP contribution in [-0.2, 0) is 31.0 Å². The summed E-state index contributed by atoms with van der Waals surface area (Å²) in [5, 5.41) is 19.0. The van der Waals surface area contributed by atoms with Crippen LogP contribution in [-0.4, -0.2) is 29.3 Å². The van der Waals surface area contributed by atoms with E-state index in [0.29, 0.717) is 5.56 Å². The monoisotopic (exact) mass is 820 g/mol. The summed E-state index contributed by atoms with van der Waals surface area (Å²) >= 11 is 12.5. The highest BCUT2D eigenvalue weighted by molar-refractivity contribution is 7.71. The van der Waals surface area contributed by atoms with Crippen LogP contribution >= 0.6 is 24.4 Å². The van der Waals surface area contributed by atoms with E-state index in [4.69, 9.17) is 24.4 Å². The molecule has 2 aromatic heterocycles. The zero-order valence-corrected chi connectivity index (χ0v) is 37.0. The number of hydrogen-bond donors (Lipinski definition) is 1. The number of carbonyl (C=O) groups is 1. The van der Waals surface area contributed by atoms with Gasteiger partial charge >= 0.3 is 5.97 Å². The smallest absolute Gasteiger partial charge is 0.346 e. The van der Waals surface area contributed by atoms with Crippen molar-refractivity contribution >= 4 is 75.6 Å². The summed E-state index contributed by atoms with van der Waals surface area (Å²) in [6.07, 6.45) is 20.1. The van der Waals surface area contributed by atoms with Crippen molar-refractivity contribution in [3.8, 4) is 6.07 Å². The Morgan fingerprint density at radius 1 is 0.569 bits per heavy atom. The lowest BCUT2D eigenvalue weighted by Gasteiger charge is -2.26. The van der Waals surface area contributed by atoms with Crippen molar-refractivity contribution in [3.05, 3.63) is 81.3 Å². The number of nitriles is 1. The predicted octanol–water partition coefficient (Wildman–Crippen LogP) is 14.4. The largest absolute Gasteiger partial charge is 0.477 e. The Morgan fingerprint density at radius 3 is 1.28 bits per heavy atom. The number of nitrogens with zero attached hydrogens (tertiary/aromatic N) is 6. The highest BCUT2D eigenvalue weighted by Crippen LogP contribution is 2.39. The van der Waals surface area contributed by atoms with Gasteiger partial charge in [-0.2, -0.15) is 5.26 Å². The quantitative estimate of drug-likeness (QED) is 0.0273. The molecule has 0 aliphatic carbocycles. The molecule has 0 bridgehead atoms. The highest BCUT2D eigenvalue weighted by atomic mass is 32.1. The number of rotatable bonds is 25. The van der Waals surface area contributed by atoms with E-state index < -0.39 is 5.97 Å². The number of aliphatic carboxylic acids is 1. The Morgan fingerprint density at radius 2 is 0.931 bits per heavy atom. The van der Waals surface area contributed by atoms with Gasteiger partial charge in [0.1, 0.15) is 11.6 Å². The number of fused-ring (bicyclic) bond motifs is 2. The van der Waals surface area contributed by atoms with E-state index in [1.165, 1.54) is 83.1 Å². The Kier molecular flexibility index (Phi) is 17.4. The SMILES string of the molecule is CCCCCCn1c(=S)n(CCCCCC)c2cc(N(c3ccc(/C=C(\C#N)C(=O)O)cc3)c3ccc4c(c3)n(CCCCCC)c(=S)n4CCCCCC)ccc21. The van der Waals surface area contributed by atoms with Gasteiger partial charge in [-0.3, -0.25) is 0 Å². The lowest BCUT2D eigenvalue weighted by atomic mass is 10.1. The summed E-state index contributed by atoms with van der Waals surface area (Å²) in [6, 6.07) is 23.0. The van der Waals surface area contributed by atoms with E-state index in [2.05, 4.69) is 87.3 Å². The number of aromatic nitrogens is 4. The number of imidazole rings is 2. The third kappa shape index (κ3) is 11.0. The maximum Gasteiger partial charge on any atom is 0.346 e. The third-order valence-electron chi connectivity index (χ3n) is 11.3. The van der Waals surface area contributed by atoms with Crippen LogP contribution in [0.4, 0.5) is 17.1 Å². The van der Waals surface area contributed by atoms with Crippen LogP contribution in [0.25, 0.3) is 28.1 Å². The molecule has 0 saturated heterocycles. The molecule has 3 aromatic carbocycles. The highest BCUT2D eigenvalue weighted by Gasteiger charge is 2.20. The Bertz CT molecular complexity index is 2180. The number of carboxylic acids is 1. The summed E-state index contributed by atoms with van der Waals surface area (Å²) in [7, 11) is 0. The molecule has 310 valence electrons. The summed E-state index contributed by atoms with van der Waals surface area (Å²) in [5.41, 5.74) is 7.88. The summed E-state index contributed by atoms with van der Waals surface area (Å²) in [5.74, 6) is -1.24. The molecule has 2 heterocycles. The minimum atomic E-state index is -1.24. The molecule has 58 heavy (non-hydrogen) atoms. The van der Waals surface area contributed by atoms with Crippen LogP contribution in [0.3, 0.4) is 0 Å². The van der Waals surface area contributed by atoms with Crippen LogP contribution in [0.5, 0.6) is 0 Å². The molecule has 0 fully saturated rings. The predicted molar refractivity (Wildman–Crippen MR) is 248 cm³/mol. The second-order valence-electron chi connectivity index (χ2n) is 15.7. The summed E-state index contributed by atoms with van der Waals surface area (Å²) < 4.78 is 11.1. The Balaban J connectivity index is 1.68. The topological polar surface area (TPSA) is 84.1 Å². The fraction of sp³-hybridized carbons (Fsp3) is 0.500. The fourth-order valence-corrected chi connectivity index (χ4v) is 8.78. The second kappa shape index (κ2) is 22.6. The van der Waals surface area contributed by atoms with Gasteiger partial charge in [-0.25, -0.2) is 4.79 Å². The maximum atomic E-state index is 11.7. The van der Waals surface area contributed by atoms with E-state index >= 15 is 0 Å². The van der Waals surface area contributed by atoms with Gasteiger partial charge in [0.05, 0.1) is 22.1 Å². The fourth-order valence-electron chi connectivity index (χ4n) is 8.02. The molecule has 0 aliphatic rings. The van der Waals surface area contributed by atoms with Crippen LogP contribution < -0.4 is 4.90 Å². The molecule has 0 spiro atoms. The number of carboxylic acid groups (broad SMARTS) is 1. The third-order valence-corrected chi connectivity index (χ3v) is 12.2. The minimum absolute atomic E-state index is 0.301. The van der Waals surface area contributed by atoms with Gasteiger partial charge in [-0.15, -0.1) is 0 Å². The molecule has 0 unspecified atom stereocenters. The van der Waals surface area contributed by atoms with Crippen molar-refractivity contribution in [2.75, 3.05) is 4.90 Å². The van der Waals surface area contributed by atoms with Gasteiger partial charge in [0.2, 0.25) is 0 Å². The molecule has 8 nitrogen and oxygen atoms in total. The first-order chi connectivity index (χ1) is 28.3. The number of aryl methyl sites for hydroxylation is 4. The molecule has 5 rings (SSSR count). The van der Waals surface area contributed by atoms with Gasteiger partial charge in [0.15, 0.2) is 9.54 Å². The van der Waals surface area contributed by atoms with E-state index in [1.54, 1.807) is 6.07 Å². The zero-order chi connectivity index (χ0) is 41.4. The molecular formula is C48H64N6O2S2. The molecule has 0 atom stereocenters. The lowest BCUT2D eigenvalue weighted by Crippen LogP contribution is -2.11. The van der Waals surface area contributed by atoms with Crippen LogP contribution in [0.15, 0.2) is 66.2 Å². The first kappa shape index (κ1) is 44.6. The van der Waals surface area contributed by atoms with E-state index in [1.807, 2.05) is 24.3 Å². The molecule has 0 amide bonds. The van der Waals surface area contributed by atoms with Crippen molar-refractivity contribution in [1.82, 2.24) is 18.3 Å². The van der Waals surface area contributed by atoms with Crippen molar-refractivity contribution in [2.24, 2.45) is 0 Å². The van der Waals surface area contributed by atoms with Gasteiger partial charge < -0.3 is 28.3 Å². The van der Waals surface area contributed by atoms with Crippen molar-refractivity contribution < 1.29 is 9.90 Å². The molecule has 0 radical (unpaired) electrons. The van der Waals surface area contributed by atoms with Crippen LogP contribution in [0, 0.1) is 20.9 Å². The molecule has 0 saturated carbocycles. The number of hydrogen-bond acceptors (Lipinski definition) is 5. The van der Waals surface area contributed by atoms with E-state index in [0.717, 1.165) is 101 Å². The molecule has 10 heteroatoms. The second-order valence-corrected chi connectivity index (χ2v) is 16.4. The van der Waals surface area contributed by atoms with Crippen LogP contribution in [0.1, 0.15) is 136 Å². The number of unbranched alkanes of at least 4 members (excludes halogenated alkanes) is 12. The molecule has 5 aromatic rings. The van der Waals surface area contributed by atoms with E-state index in [9.17, 15) is 15.2 Å². The van der Waals surface area contributed by atoms with Crippen LogP contribution in [0.2, 0.25) is 0 Å². The molecule has 0 aliphatic heterocycles. The summed E-state index contributed by atoms with van der Waals surface area (Å²) in [6.45, 7) is 12.6. The van der Waals surface area contributed by atoms with Crippen molar-refractivity contribution in [3.63, 3.8) is 0 Å². The van der Waals surface area contributed by atoms with Gasteiger partial charge in [-0.05, 0) is 110 Å². The van der Waals surface area contributed by atoms with E-state index in [-0.39, 0.29) is 5.57 Å². The normalized spacial score (nSPS) is 11.8. The first-order valence-corrected chi connectivity index (χ1v) is 22.8. The average molecular weight is 821 g/mol. The number of anilines is 3. The Hall–Kier alpha value is -4.46. The first-order valence-electron chi connectivity index (χ1n) is 22.0. The maximum absolute atomic E-state index is 11.7. The lowest BCUT2D eigenvalue weighted by molar-refractivity contribution is -0.132. The van der Waals surface area contributed by atoms with Gasteiger partial charge in [0.25, 0.3) is 0 Å². The zero-order valence-electron chi connectivity index (χ0n) is 35.3. The molecule has 1 N–H and O–H groups in total. The van der Waals surface area contributed by atoms with Crippen molar-refractivity contribution in [2.45, 2.75) is 157 Å². The average Bonchev–Trinajstić information content (AvgIpc) is 3.64. The van der Waals surface area contributed by atoms with Gasteiger partial charge in [-0.1, -0.05) is 117 Å². The summed E-state index contributed by atoms with van der Waals surface area (Å²) in [4.78, 5) is 13.9. The van der Waals surface area contributed by atoms with Crippen molar-refractivity contribution in [1.29, 1.82) is 5.26 Å². The Labute approximate surface area is 356 Å². The number of benzene rings is 3. The minimum Gasteiger partial charge on any atom is -0.477 e. The van der Waals surface area contributed by atoms with Gasteiger partial charge in [0, 0.05) is 43.2 Å². The standard InChI is InChI=1S/C48H64N6O2S2/c1-5-9-13-17-29-50-42-27-25-40(34-44(42)52(47(50)57)31-19-15-11-7-3)54(39-23-21-37(22-24-39)33-38(36-49)46(55)56)41-26-28-43-45(35-41)53(32-20-16-12-8-4)48(58)51(43)30-18-14-10-6-2/h21-28,33-35H,5-20,29-32H2,1-4H3,(H,55,56)/b38-33+. The molecular weight excluding hydrogens is 757 g/mol.